The summed E-state index contributed by atoms with van der Waals surface area (Å²) in [5, 5.41) is 18.3. The molecule has 0 aromatic rings. The van der Waals surface area contributed by atoms with Gasteiger partial charge in [-0.05, 0) is 25.7 Å². The molecule has 0 aliphatic heterocycles. The van der Waals surface area contributed by atoms with Crippen molar-refractivity contribution < 1.29 is 15.0 Å². The van der Waals surface area contributed by atoms with Crippen LogP contribution in [-0.2, 0) is 4.79 Å². The van der Waals surface area contributed by atoms with E-state index in [9.17, 15) is 9.90 Å². The van der Waals surface area contributed by atoms with E-state index < -0.39 is 5.97 Å². The van der Waals surface area contributed by atoms with Crippen molar-refractivity contribution in [2.24, 2.45) is 0 Å². The molecule has 0 aliphatic rings. The van der Waals surface area contributed by atoms with Gasteiger partial charge in [-0.25, -0.2) is 0 Å². The molecule has 0 saturated heterocycles. The van der Waals surface area contributed by atoms with Crippen LogP contribution >= 0.6 is 0 Å². The van der Waals surface area contributed by atoms with Gasteiger partial charge in [-0.1, -0.05) is 69.1 Å². The molecule has 1 unspecified atom stereocenters. The van der Waals surface area contributed by atoms with Gasteiger partial charge in [-0.3, -0.25) is 4.79 Å². The third kappa shape index (κ3) is 16.6. The van der Waals surface area contributed by atoms with Crippen molar-refractivity contribution in [1.82, 2.24) is 0 Å². The lowest BCUT2D eigenvalue weighted by molar-refractivity contribution is -0.137. The molecule has 3 heteroatoms. The minimum atomic E-state index is -0.742. The molecule has 0 aromatic carbocycles. The molecule has 0 spiro atoms. The molecular formula is C18H30O3. The fourth-order valence-corrected chi connectivity index (χ4v) is 1.89. The number of aliphatic carboxylic acids is 1. The fourth-order valence-electron chi connectivity index (χ4n) is 1.89. The summed E-state index contributed by atoms with van der Waals surface area (Å²) < 4.78 is 0. The van der Waals surface area contributed by atoms with Crippen molar-refractivity contribution in [3.05, 3.63) is 36.5 Å². The van der Waals surface area contributed by atoms with Gasteiger partial charge in [0.05, 0.1) is 6.10 Å². The van der Waals surface area contributed by atoms with E-state index in [1.807, 2.05) is 24.3 Å². The number of unbranched alkanes of at least 4 members (excludes halogenated alkanes) is 4. The van der Waals surface area contributed by atoms with Gasteiger partial charge in [0.25, 0.3) is 0 Å². The fraction of sp³-hybridized carbons (Fsp3) is 0.611. The first-order chi connectivity index (χ1) is 10.2. The number of hydrogen-bond donors (Lipinski definition) is 2. The number of carbonyl (C=O) groups is 1. The smallest absolute Gasteiger partial charge is 0.303 e. The van der Waals surface area contributed by atoms with Crippen LogP contribution < -0.4 is 0 Å². The molecule has 0 heterocycles. The summed E-state index contributed by atoms with van der Waals surface area (Å²) in [5.41, 5.74) is 0. The highest BCUT2D eigenvalue weighted by atomic mass is 16.4. The average molecular weight is 294 g/mol. The summed E-state index contributed by atoms with van der Waals surface area (Å²) in [7, 11) is 0. The van der Waals surface area contributed by atoms with E-state index in [4.69, 9.17) is 5.11 Å². The quantitative estimate of drug-likeness (QED) is 0.384. The third-order valence-corrected chi connectivity index (χ3v) is 3.17. The van der Waals surface area contributed by atoms with Crippen molar-refractivity contribution in [3.63, 3.8) is 0 Å². The van der Waals surface area contributed by atoms with E-state index in [0.29, 0.717) is 12.8 Å². The summed E-state index contributed by atoms with van der Waals surface area (Å²) in [6.45, 7) is 2.18. The number of hydrogen-bond acceptors (Lipinski definition) is 2. The number of aliphatic hydroxyl groups is 1. The van der Waals surface area contributed by atoms with E-state index in [2.05, 4.69) is 19.1 Å². The zero-order valence-corrected chi connectivity index (χ0v) is 13.2. The zero-order valence-electron chi connectivity index (χ0n) is 13.2. The number of rotatable bonds is 13. The maximum Gasteiger partial charge on any atom is 0.303 e. The highest BCUT2D eigenvalue weighted by molar-refractivity contribution is 5.66. The number of carboxylic acid groups (broad SMARTS) is 1. The van der Waals surface area contributed by atoms with Crippen LogP contribution in [0.1, 0.15) is 64.7 Å². The first-order valence-electron chi connectivity index (χ1n) is 8.05. The first-order valence-corrected chi connectivity index (χ1v) is 8.05. The molecule has 0 amide bonds. The summed E-state index contributed by atoms with van der Waals surface area (Å²) in [4.78, 5) is 10.3. The topological polar surface area (TPSA) is 57.5 Å². The Balaban J connectivity index is 3.52. The van der Waals surface area contributed by atoms with Crippen molar-refractivity contribution >= 4 is 5.97 Å². The van der Waals surface area contributed by atoms with Crippen molar-refractivity contribution in [1.29, 1.82) is 0 Å². The SMILES string of the molecule is CCCC/C=C/C=C/C=C/CC(O)CCCCCC(=O)O. The van der Waals surface area contributed by atoms with Gasteiger partial charge in [0.1, 0.15) is 0 Å². The molecule has 0 saturated carbocycles. The van der Waals surface area contributed by atoms with Gasteiger partial charge in [0, 0.05) is 6.42 Å². The highest BCUT2D eigenvalue weighted by Gasteiger charge is 2.02. The van der Waals surface area contributed by atoms with Gasteiger partial charge in [0.15, 0.2) is 0 Å². The van der Waals surface area contributed by atoms with Gasteiger partial charge in [-0.15, -0.1) is 0 Å². The first kappa shape index (κ1) is 19.7. The van der Waals surface area contributed by atoms with Crippen molar-refractivity contribution in [3.8, 4) is 0 Å². The molecule has 0 fully saturated rings. The van der Waals surface area contributed by atoms with Crippen LogP contribution in [-0.4, -0.2) is 22.3 Å². The van der Waals surface area contributed by atoms with Gasteiger partial charge >= 0.3 is 5.97 Å². The minimum Gasteiger partial charge on any atom is -0.481 e. The Bertz CT molecular complexity index is 329. The maximum absolute atomic E-state index is 10.3. The van der Waals surface area contributed by atoms with Crippen LogP contribution in [0.15, 0.2) is 36.5 Å². The Morgan fingerprint density at radius 2 is 1.71 bits per heavy atom. The second-order valence-corrected chi connectivity index (χ2v) is 5.27. The van der Waals surface area contributed by atoms with Crippen molar-refractivity contribution in [2.45, 2.75) is 70.8 Å². The molecule has 3 nitrogen and oxygen atoms in total. The molecule has 120 valence electrons. The van der Waals surface area contributed by atoms with Gasteiger partial charge < -0.3 is 10.2 Å². The molecule has 1 atom stereocenters. The molecular weight excluding hydrogens is 264 g/mol. The molecule has 21 heavy (non-hydrogen) atoms. The Labute approximate surface area is 129 Å². The monoisotopic (exact) mass is 294 g/mol. The van der Waals surface area contributed by atoms with Crippen LogP contribution in [0.4, 0.5) is 0 Å². The van der Waals surface area contributed by atoms with Crippen LogP contribution in [0, 0.1) is 0 Å². The summed E-state index contributed by atoms with van der Waals surface area (Å²) in [5.74, 6) is -0.742. The van der Waals surface area contributed by atoms with Crippen LogP contribution in [0.5, 0.6) is 0 Å². The lowest BCUT2D eigenvalue weighted by Crippen LogP contribution is -2.04. The van der Waals surface area contributed by atoms with Crippen LogP contribution in [0.2, 0.25) is 0 Å². The number of allylic oxidation sites excluding steroid dienone is 5. The molecule has 0 bridgehead atoms. The molecule has 2 N–H and O–H groups in total. The van der Waals surface area contributed by atoms with E-state index in [0.717, 1.165) is 25.7 Å². The third-order valence-electron chi connectivity index (χ3n) is 3.17. The summed E-state index contributed by atoms with van der Waals surface area (Å²) in [6, 6.07) is 0. The van der Waals surface area contributed by atoms with Gasteiger partial charge in [0.2, 0.25) is 0 Å². The van der Waals surface area contributed by atoms with Crippen LogP contribution in [0.3, 0.4) is 0 Å². The number of carboxylic acids is 1. The summed E-state index contributed by atoms with van der Waals surface area (Å²) >= 11 is 0. The van der Waals surface area contributed by atoms with E-state index in [1.165, 1.54) is 12.8 Å². The average Bonchev–Trinajstić information content (AvgIpc) is 2.45. The normalized spacial score (nSPS) is 13.6. The predicted molar refractivity (Wildman–Crippen MR) is 88.3 cm³/mol. The largest absolute Gasteiger partial charge is 0.481 e. The van der Waals surface area contributed by atoms with E-state index in [-0.39, 0.29) is 12.5 Å². The molecule has 0 aromatic heterocycles. The molecule has 0 rings (SSSR count). The Kier molecular flexibility index (Phi) is 14.1. The Hall–Kier alpha value is -1.35. The lowest BCUT2D eigenvalue weighted by atomic mass is 10.1. The standard InChI is InChI=1S/C18H30O3/c1-2-3-4-5-6-7-8-9-11-14-17(19)15-12-10-13-16-18(20)21/h5-9,11,17,19H,2-4,10,12-16H2,1H3,(H,20,21)/b6-5+,8-7+,11-9+. The predicted octanol–water partition coefficient (Wildman–Crippen LogP) is 4.63. The van der Waals surface area contributed by atoms with E-state index in [1.54, 1.807) is 0 Å². The molecule has 0 aliphatic carbocycles. The Morgan fingerprint density at radius 1 is 1.00 bits per heavy atom. The Morgan fingerprint density at radius 3 is 2.38 bits per heavy atom. The summed E-state index contributed by atoms with van der Waals surface area (Å²) in [6.07, 6.45) is 19.5. The second-order valence-electron chi connectivity index (χ2n) is 5.27. The number of aliphatic hydroxyl groups excluding tert-OH is 1. The maximum atomic E-state index is 10.3. The van der Waals surface area contributed by atoms with Crippen LogP contribution in [0.25, 0.3) is 0 Å². The van der Waals surface area contributed by atoms with Crippen molar-refractivity contribution in [2.75, 3.05) is 0 Å². The second kappa shape index (κ2) is 15.0. The zero-order chi connectivity index (χ0) is 15.8. The highest BCUT2D eigenvalue weighted by Crippen LogP contribution is 2.08. The van der Waals surface area contributed by atoms with Gasteiger partial charge in [-0.2, -0.15) is 0 Å². The minimum absolute atomic E-state index is 0.229. The lowest BCUT2D eigenvalue weighted by Gasteiger charge is -2.06. The van der Waals surface area contributed by atoms with E-state index >= 15 is 0 Å². The molecule has 0 radical (unpaired) electrons.